The van der Waals surface area contributed by atoms with E-state index in [4.69, 9.17) is 14.2 Å². The van der Waals surface area contributed by atoms with E-state index >= 15 is 0 Å². The van der Waals surface area contributed by atoms with Crippen LogP contribution in [0.4, 0.5) is 14.9 Å². The number of aryl methyl sites for hydroxylation is 2. The molecule has 46 heavy (non-hydrogen) atoms. The van der Waals surface area contributed by atoms with Crippen LogP contribution in [0.2, 0.25) is 0 Å². The molecule has 1 aliphatic rings. The van der Waals surface area contributed by atoms with Gasteiger partial charge in [-0.25, -0.2) is 12.8 Å². The number of ether oxygens (including phenoxy) is 3. The van der Waals surface area contributed by atoms with Gasteiger partial charge in [0.2, 0.25) is 0 Å². The van der Waals surface area contributed by atoms with E-state index in [-0.39, 0.29) is 10.5 Å². The minimum atomic E-state index is -3.81. The number of carbonyl (C=O) groups is 2. The van der Waals surface area contributed by atoms with Crippen LogP contribution < -0.4 is 24.2 Å². The fraction of sp³-hybridized carbons (Fsp3) is 0.235. The lowest BCUT2D eigenvalue weighted by molar-refractivity contribution is -0.126. The molecule has 0 saturated carbocycles. The number of imide groups is 1. The highest BCUT2D eigenvalue weighted by molar-refractivity contribution is 8.15. The fourth-order valence-corrected chi connectivity index (χ4v) is 6.54. The Balaban J connectivity index is 1.16. The molecule has 4 aromatic rings. The molecule has 0 radical (unpaired) electrons. The average Bonchev–Trinajstić information content (AvgIpc) is 3.30. The van der Waals surface area contributed by atoms with Gasteiger partial charge in [-0.3, -0.25) is 19.6 Å². The molecule has 1 heterocycles. The molecule has 1 fully saturated rings. The first-order valence-electron chi connectivity index (χ1n) is 14.7. The molecule has 1 aliphatic heterocycles. The summed E-state index contributed by atoms with van der Waals surface area (Å²) < 4.78 is 61.5. The van der Waals surface area contributed by atoms with Crippen molar-refractivity contribution in [1.29, 1.82) is 0 Å². The Hall–Kier alpha value is -4.55. The number of nitrogens with one attached hydrogen (secondary N) is 2. The molecule has 5 rings (SSSR count). The van der Waals surface area contributed by atoms with Crippen molar-refractivity contribution < 1.29 is 36.6 Å². The summed E-state index contributed by atoms with van der Waals surface area (Å²) in [6.45, 7) is 4.67. The number of amides is 2. The number of hydrogen-bond donors (Lipinski definition) is 2. The second-order valence-electron chi connectivity index (χ2n) is 10.6. The maximum absolute atomic E-state index is 14.9. The van der Waals surface area contributed by atoms with Gasteiger partial charge in [0.05, 0.1) is 23.8 Å². The minimum absolute atomic E-state index is 0.0689. The van der Waals surface area contributed by atoms with Crippen LogP contribution in [-0.2, 0) is 26.2 Å². The lowest BCUT2D eigenvalue weighted by atomic mass is 10.1. The predicted octanol–water partition coefficient (Wildman–Crippen LogP) is 7.49. The van der Waals surface area contributed by atoms with Crippen LogP contribution in [0.15, 0.2) is 95.9 Å². The van der Waals surface area contributed by atoms with E-state index in [2.05, 4.69) is 11.6 Å². The molecule has 0 bridgehead atoms. The van der Waals surface area contributed by atoms with Gasteiger partial charge in [0, 0.05) is 12.0 Å². The van der Waals surface area contributed by atoms with E-state index in [1.807, 2.05) is 24.4 Å². The lowest BCUT2D eigenvalue weighted by Crippen LogP contribution is -2.30. The first-order chi connectivity index (χ1) is 22.1. The minimum Gasteiger partial charge on any atom is -0.493 e. The Morgan fingerprint density at radius 3 is 2.26 bits per heavy atom. The summed E-state index contributed by atoms with van der Waals surface area (Å²) in [6, 6.07) is 24.9. The van der Waals surface area contributed by atoms with Gasteiger partial charge in [-0.2, -0.15) is 0 Å². The number of sulfonamides is 1. The van der Waals surface area contributed by atoms with Crippen molar-refractivity contribution in [3.8, 4) is 23.0 Å². The van der Waals surface area contributed by atoms with Gasteiger partial charge in [-0.15, -0.1) is 0 Å². The highest BCUT2D eigenvalue weighted by atomic mass is 32.2. The quantitative estimate of drug-likeness (QED) is 0.133. The van der Waals surface area contributed by atoms with Gasteiger partial charge in [-0.05, 0) is 85.3 Å². The summed E-state index contributed by atoms with van der Waals surface area (Å²) in [7, 11) is -3.81. The van der Waals surface area contributed by atoms with E-state index in [0.29, 0.717) is 60.1 Å². The zero-order chi connectivity index (χ0) is 32.7. The molecule has 2 amide bonds. The second kappa shape index (κ2) is 14.3. The van der Waals surface area contributed by atoms with Crippen LogP contribution >= 0.6 is 11.8 Å². The van der Waals surface area contributed by atoms with Gasteiger partial charge in [0.1, 0.15) is 17.2 Å². The number of halogens is 1. The summed E-state index contributed by atoms with van der Waals surface area (Å²) >= 11 is 0.309. The number of carbonyl (C=O) groups excluding carboxylic acids is 2. The zero-order valence-corrected chi connectivity index (χ0v) is 26.9. The second-order valence-corrected chi connectivity index (χ2v) is 13.4. The van der Waals surface area contributed by atoms with Crippen LogP contribution in [0.5, 0.6) is 23.0 Å². The first kappa shape index (κ1) is 32.8. The van der Waals surface area contributed by atoms with E-state index in [0.717, 1.165) is 24.0 Å². The standard InChI is InChI=1S/C34H33FN2O7S2/c1-3-7-24-22-27(44-31-9-5-4-8-29(31)37-46(40,41)28-17-10-23(2)11-18-28)16-19-30(24)43-21-6-20-42-26-14-12-25(13-15-26)34(35)32(38)36-33(39)45-34/h4-5,8-19,22,37H,3,6-7,20-21H2,1-2H3,(H,36,38,39). The van der Waals surface area contributed by atoms with E-state index in [1.165, 1.54) is 12.1 Å². The van der Waals surface area contributed by atoms with Crippen LogP contribution in [-0.4, -0.2) is 32.8 Å². The third-order valence-electron chi connectivity index (χ3n) is 7.02. The third kappa shape index (κ3) is 7.80. The number of para-hydroxylation sites is 2. The maximum atomic E-state index is 14.9. The third-order valence-corrected chi connectivity index (χ3v) is 9.39. The van der Waals surface area contributed by atoms with Gasteiger partial charge >= 0.3 is 0 Å². The molecule has 9 nitrogen and oxygen atoms in total. The van der Waals surface area contributed by atoms with Crippen LogP contribution in [0, 0.1) is 6.92 Å². The smallest absolute Gasteiger partial charge is 0.289 e. The van der Waals surface area contributed by atoms with E-state index in [1.54, 1.807) is 66.7 Å². The SMILES string of the molecule is CCCc1cc(Oc2ccccc2NS(=O)(=O)c2ccc(C)cc2)ccc1OCCCOc1ccc(C2(F)SC(=O)NC2=O)cc1. The van der Waals surface area contributed by atoms with Gasteiger partial charge in [0.15, 0.2) is 5.75 Å². The Morgan fingerprint density at radius 2 is 1.57 bits per heavy atom. The number of hydrogen-bond acceptors (Lipinski definition) is 8. The highest BCUT2D eigenvalue weighted by Crippen LogP contribution is 2.43. The Morgan fingerprint density at radius 1 is 0.870 bits per heavy atom. The summed E-state index contributed by atoms with van der Waals surface area (Å²) in [4.78, 5) is 23.4. The summed E-state index contributed by atoms with van der Waals surface area (Å²) in [5, 5.41) is -1.20. The van der Waals surface area contributed by atoms with Crippen molar-refractivity contribution in [3.63, 3.8) is 0 Å². The normalized spacial score (nSPS) is 16.2. The molecule has 4 aromatic carbocycles. The van der Waals surface area contributed by atoms with E-state index in [9.17, 15) is 22.4 Å². The number of thioether (sulfide) groups is 1. The zero-order valence-electron chi connectivity index (χ0n) is 25.2. The fourth-order valence-electron chi connectivity index (χ4n) is 4.67. The molecule has 1 unspecified atom stereocenters. The van der Waals surface area contributed by atoms with Gasteiger partial charge < -0.3 is 14.2 Å². The summed E-state index contributed by atoms with van der Waals surface area (Å²) in [5.74, 6) is 1.12. The molecule has 12 heteroatoms. The monoisotopic (exact) mass is 664 g/mol. The Labute approximate surface area is 271 Å². The molecule has 2 N–H and O–H groups in total. The predicted molar refractivity (Wildman–Crippen MR) is 175 cm³/mol. The topological polar surface area (TPSA) is 120 Å². The molecule has 0 aromatic heterocycles. The van der Waals surface area contributed by atoms with Gasteiger partial charge in [0.25, 0.3) is 26.2 Å². The molecular formula is C34H33FN2O7S2. The average molecular weight is 665 g/mol. The van der Waals surface area contributed by atoms with E-state index < -0.39 is 26.2 Å². The van der Waals surface area contributed by atoms with Crippen molar-refractivity contribution in [3.05, 3.63) is 108 Å². The first-order valence-corrected chi connectivity index (χ1v) is 17.0. The van der Waals surface area contributed by atoms with Crippen LogP contribution in [0.3, 0.4) is 0 Å². The largest absolute Gasteiger partial charge is 0.493 e. The van der Waals surface area contributed by atoms with Gasteiger partial charge in [-0.1, -0.05) is 55.3 Å². The van der Waals surface area contributed by atoms with Crippen molar-refractivity contribution in [2.45, 2.75) is 43.0 Å². The summed E-state index contributed by atoms with van der Waals surface area (Å²) in [6.07, 6.45) is 2.19. The Bertz CT molecular complexity index is 1820. The summed E-state index contributed by atoms with van der Waals surface area (Å²) in [5.41, 5.74) is 2.29. The molecule has 0 aliphatic carbocycles. The maximum Gasteiger partial charge on any atom is 0.289 e. The molecule has 1 saturated heterocycles. The molecule has 1 atom stereocenters. The van der Waals surface area contributed by atoms with Crippen LogP contribution in [0.1, 0.15) is 36.5 Å². The highest BCUT2D eigenvalue weighted by Gasteiger charge is 2.50. The number of alkyl halides is 1. The lowest BCUT2D eigenvalue weighted by Gasteiger charge is -2.16. The van der Waals surface area contributed by atoms with Crippen molar-refractivity contribution in [1.82, 2.24) is 5.32 Å². The molecule has 240 valence electrons. The molecular weight excluding hydrogens is 632 g/mol. The number of anilines is 1. The van der Waals surface area contributed by atoms with Crippen LogP contribution in [0.25, 0.3) is 0 Å². The van der Waals surface area contributed by atoms with Crippen molar-refractivity contribution >= 4 is 38.6 Å². The number of benzene rings is 4. The Kier molecular flexibility index (Phi) is 10.2. The molecule has 0 spiro atoms. The van der Waals surface area contributed by atoms with Crippen molar-refractivity contribution in [2.75, 3.05) is 17.9 Å². The number of rotatable bonds is 14. The van der Waals surface area contributed by atoms with Crippen molar-refractivity contribution in [2.24, 2.45) is 0 Å².